The van der Waals surface area contributed by atoms with Gasteiger partial charge in [0.2, 0.25) is 10.0 Å². The minimum absolute atomic E-state index is 0.133. The third kappa shape index (κ3) is 5.55. The van der Waals surface area contributed by atoms with Crippen LogP contribution in [-0.4, -0.2) is 40.3 Å². The van der Waals surface area contributed by atoms with E-state index in [1.165, 1.54) is 15.6 Å². The Morgan fingerprint density at radius 3 is 2.54 bits per heavy atom. The minimum Gasteiger partial charge on any atom is -0.215 e. The van der Waals surface area contributed by atoms with Crippen LogP contribution in [0.1, 0.15) is 31.2 Å². The number of nitrogens with zero attached hydrogens (tertiary/aromatic N) is 1. The summed E-state index contributed by atoms with van der Waals surface area (Å²) in [7, 11) is -7.03. The number of halogens is 1. The molecular formula is C18H23ClN2O4S3. The first kappa shape index (κ1) is 21.7. The lowest BCUT2D eigenvalue weighted by molar-refractivity contribution is 0.242. The number of hydrogen-bond acceptors (Lipinski definition) is 5. The van der Waals surface area contributed by atoms with Gasteiger partial charge in [0, 0.05) is 24.2 Å². The van der Waals surface area contributed by atoms with E-state index in [0.717, 1.165) is 19.3 Å². The molecule has 2 aromatic rings. The van der Waals surface area contributed by atoms with Gasteiger partial charge in [0.15, 0.2) is 0 Å². The van der Waals surface area contributed by atoms with Gasteiger partial charge in [-0.3, -0.25) is 0 Å². The lowest BCUT2D eigenvalue weighted by Gasteiger charge is -2.34. The second kappa shape index (κ2) is 9.23. The van der Waals surface area contributed by atoms with Gasteiger partial charge in [-0.2, -0.15) is 4.31 Å². The fraction of sp³-hybridized carbons (Fsp3) is 0.444. The van der Waals surface area contributed by atoms with Crippen molar-refractivity contribution in [3.8, 4) is 0 Å². The highest BCUT2D eigenvalue weighted by molar-refractivity contribution is 7.91. The molecule has 1 aromatic carbocycles. The van der Waals surface area contributed by atoms with Gasteiger partial charge in [-0.1, -0.05) is 36.2 Å². The summed E-state index contributed by atoms with van der Waals surface area (Å²) in [5.41, 5.74) is 0.650. The zero-order chi connectivity index (χ0) is 20.2. The molecule has 0 amide bonds. The van der Waals surface area contributed by atoms with Gasteiger partial charge in [-0.25, -0.2) is 21.6 Å². The molecule has 0 bridgehead atoms. The van der Waals surface area contributed by atoms with Crippen LogP contribution in [0, 0.1) is 0 Å². The number of nitrogens with one attached hydrogen (secondary N) is 1. The summed E-state index contributed by atoms with van der Waals surface area (Å²) in [6, 6.07) is 9.81. The van der Waals surface area contributed by atoms with Crippen molar-refractivity contribution in [2.45, 2.75) is 41.7 Å². The molecular weight excluding hydrogens is 440 g/mol. The Balaban J connectivity index is 1.60. The van der Waals surface area contributed by atoms with Crippen LogP contribution in [0.4, 0.5) is 0 Å². The van der Waals surface area contributed by atoms with E-state index in [0.29, 0.717) is 27.8 Å². The van der Waals surface area contributed by atoms with Gasteiger partial charge in [-0.05, 0) is 48.4 Å². The molecule has 3 rings (SSSR count). The highest BCUT2D eigenvalue weighted by Gasteiger charge is 2.33. The first-order chi connectivity index (χ1) is 13.3. The molecule has 1 atom stereocenters. The fourth-order valence-corrected chi connectivity index (χ4v) is 7.47. The Bertz CT molecular complexity index is 974. The average Bonchev–Trinajstić information content (AvgIpc) is 3.19. The van der Waals surface area contributed by atoms with Crippen LogP contribution in [-0.2, 0) is 25.8 Å². The van der Waals surface area contributed by atoms with E-state index in [9.17, 15) is 16.8 Å². The van der Waals surface area contributed by atoms with Crippen molar-refractivity contribution in [2.75, 3.05) is 13.1 Å². The van der Waals surface area contributed by atoms with E-state index in [1.54, 1.807) is 41.8 Å². The van der Waals surface area contributed by atoms with E-state index >= 15 is 0 Å². The van der Waals surface area contributed by atoms with Gasteiger partial charge >= 0.3 is 0 Å². The number of piperidine rings is 1. The van der Waals surface area contributed by atoms with Crippen LogP contribution in [0.15, 0.2) is 46.0 Å². The smallest absolute Gasteiger partial charge is 0.215 e. The lowest BCUT2D eigenvalue weighted by atomic mass is 10.0. The van der Waals surface area contributed by atoms with Gasteiger partial charge in [0.1, 0.15) is 4.21 Å². The van der Waals surface area contributed by atoms with Crippen molar-refractivity contribution in [1.82, 2.24) is 9.03 Å². The number of thiophene rings is 1. The molecule has 0 radical (unpaired) electrons. The molecule has 2 heterocycles. The molecule has 0 spiro atoms. The lowest BCUT2D eigenvalue weighted by Crippen LogP contribution is -2.45. The second-order valence-corrected chi connectivity index (χ2v) is 12.1. The van der Waals surface area contributed by atoms with Gasteiger partial charge < -0.3 is 0 Å². The summed E-state index contributed by atoms with van der Waals surface area (Å²) in [6.45, 7) is 0.680. The first-order valence-corrected chi connectivity index (χ1v) is 13.4. The van der Waals surface area contributed by atoms with Crippen molar-refractivity contribution in [2.24, 2.45) is 0 Å². The Labute approximate surface area is 175 Å². The molecule has 0 aliphatic carbocycles. The third-order valence-corrected chi connectivity index (χ3v) is 9.63. The zero-order valence-corrected chi connectivity index (χ0v) is 18.5. The highest BCUT2D eigenvalue weighted by atomic mass is 35.5. The molecule has 154 valence electrons. The average molecular weight is 463 g/mol. The Morgan fingerprint density at radius 2 is 1.86 bits per heavy atom. The first-order valence-electron chi connectivity index (χ1n) is 9.05. The van der Waals surface area contributed by atoms with Crippen molar-refractivity contribution in [3.63, 3.8) is 0 Å². The third-order valence-electron chi connectivity index (χ3n) is 4.70. The predicted octanol–water partition coefficient (Wildman–Crippen LogP) is 3.45. The molecule has 1 unspecified atom stereocenters. The maximum absolute atomic E-state index is 12.9. The number of rotatable bonds is 8. The van der Waals surface area contributed by atoms with Crippen molar-refractivity contribution < 1.29 is 16.8 Å². The molecule has 0 saturated carbocycles. The SMILES string of the molecule is O=S(=O)(Cc1ccc(Cl)cc1)NCCC1CCCCN1S(=O)(=O)c1cccs1. The van der Waals surface area contributed by atoms with Gasteiger partial charge in [-0.15, -0.1) is 11.3 Å². The molecule has 6 nitrogen and oxygen atoms in total. The molecule has 10 heteroatoms. The number of hydrogen-bond donors (Lipinski definition) is 1. The number of benzene rings is 1. The zero-order valence-electron chi connectivity index (χ0n) is 15.3. The van der Waals surface area contributed by atoms with Crippen LogP contribution >= 0.6 is 22.9 Å². The normalized spacial score (nSPS) is 19.0. The quantitative estimate of drug-likeness (QED) is 0.651. The molecule has 1 aromatic heterocycles. The van der Waals surface area contributed by atoms with E-state index in [-0.39, 0.29) is 18.3 Å². The molecule has 1 fully saturated rings. The molecule has 1 aliphatic heterocycles. The standard InChI is InChI=1S/C18H23ClN2O4S3/c19-16-8-6-15(7-9-16)14-27(22,23)20-11-10-17-4-1-2-12-21(17)28(24,25)18-5-3-13-26-18/h3,5-9,13,17,20H,1-2,4,10-12,14H2. The fourth-order valence-electron chi connectivity index (χ4n) is 3.34. The summed E-state index contributed by atoms with van der Waals surface area (Å²) in [4.78, 5) is 0. The van der Waals surface area contributed by atoms with E-state index < -0.39 is 20.0 Å². The Hall–Kier alpha value is -0.970. The van der Waals surface area contributed by atoms with Crippen LogP contribution in [0.2, 0.25) is 5.02 Å². The second-order valence-electron chi connectivity index (χ2n) is 6.77. The number of sulfonamides is 2. The monoisotopic (exact) mass is 462 g/mol. The highest BCUT2D eigenvalue weighted by Crippen LogP contribution is 2.29. The van der Waals surface area contributed by atoms with Crippen LogP contribution in [0.25, 0.3) is 0 Å². The van der Waals surface area contributed by atoms with Crippen LogP contribution < -0.4 is 4.72 Å². The summed E-state index contributed by atoms with van der Waals surface area (Å²) in [5, 5.41) is 2.30. The summed E-state index contributed by atoms with van der Waals surface area (Å²) in [6.07, 6.45) is 2.95. The minimum atomic E-state index is -3.52. The topological polar surface area (TPSA) is 83.6 Å². The molecule has 1 N–H and O–H groups in total. The Kier molecular flexibility index (Phi) is 7.17. The molecule has 28 heavy (non-hydrogen) atoms. The van der Waals surface area contributed by atoms with Crippen molar-refractivity contribution >= 4 is 43.0 Å². The largest absolute Gasteiger partial charge is 0.252 e. The van der Waals surface area contributed by atoms with E-state index in [1.807, 2.05) is 0 Å². The Morgan fingerprint density at radius 1 is 1.11 bits per heavy atom. The van der Waals surface area contributed by atoms with E-state index in [2.05, 4.69) is 4.72 Å². The van der Waals surface area contributed by atoms with Gasteiger partial charge in [0.25, 0.3) is 10.0 Å². The summed E-state index contributed by atoms with van der Waals surface area (Å²) < 4.78 is 54.9. The summed E-state index contributed by atoms with van der Waals surface area (Å²) in [5.74, 6) is -0.133. The van der Waals surface area contributed by atoms with Crippen molar-refractivity contribution in [1.29, 1.82) is 0 Å². The van der Waals surface area contributed by atoms with Gasteiger partial charge in [0.05, 0.1) is 5.75 Å². The van der Waals surface area contributed by atoms with Crippen molar-refractivity contribution in [3.05, 3.63) is 52.4 Å². The van der Waals surface area contributed by atoms with Crippen LogP contribution in [0.3, 0.4) is 0 Å². The predicted molar refractivity (Wildman–Crippen MR) is 113 cm³/mol. The van der Waals surface area contributed by atoms with E-state index in [4.69, 9.17) is 11.6 Å². The molecule has 1 saturated heterocycles. The maximum Gasteiger partial charge on any atom is 0.252 e. The molecule has 1 aliphatic rings. The summed E-state index contributed by atoms with van der Waals surface area (Å²) >= 11 is 7.03. The maximum atomic E-state index is 12.9. The van der Waals surface area contributed by atoms with Crippen LogP contribution in [0.5, 0.6) is 0 Å².